The van der Waals surface area contributed by atoms with Crippen LogP contribution in [0, 0.1) is 3.57 Å². The molecule has 1 saturated carbocycles. The molecule has 3 atom stereocenters. The Balaban J connectivity index is 1.99. The Kier molecular flexibility index (Phi) is 9.31. The number of aliphatic hydroxyl groups excluding tert-OH is 2. The average molecular weight is 586 g/mol. The van der Waals surface area contributed by atoms with Crippen molar-refractivity contribution in [3.8, 4) is 11.5 Å². The Morgan fingerprint density at radius 1 is 1.29 bits per heavy atom. The Morgan fingerprint density at radius 2 is 2.00 bits per heavy atom. The summed E-state index contributed by atoms with van der Waals surface area (Å²) in [6, 6.07) is 2.52. The van der Waals surface area contributed by atoms with Gasteiger partial charge in [-0.1, -0.05) is 12.8 Å². The molecule has 0 bridgehead atoms. The number of hydrogen-bond acceptors (Lipinski definition) is 7. The molecule has 0 spiro atoms. The minimum Gasteiger partial charge on any atom is -0.493 e. The molecule has 2 amide bonds. The molecule has 9 nitrogen and oxygen atoms in total. The number of nitrogens with zero attached hydrogens (tertiary/aromatic N) is 1. The van der Waals surface area contributed by atoms with Gasteiger partial charge >= 0.3 is 0 Å². The zero-order chi connectivity index (χ0) is 24.8. The Hall–Kier alpha value is -2.18. The molecular formula is C24H31IN2O7. The minimum atomic E-state index is -1.09. The largest absolute Gasteiger partial charge is 0.493 e. The second kappa shape index (κ2) is 12.0. The first kappa shape index (κ1) is 26.4. The van der Waals surface area contributed by atoms with Crippen LogP contribution in [0.3, 0.4) is 0 Å². The number of ether oxygens (including phenoxy) is 2. The van der Waals surface area contributed by atoms with Crippen molar-refractivity contribution in [3.63, 3.8) is 0 Å². The van der Waals surface area contributed by atoms with Crippen LogP contribution in [0.5, 0.6) is 11.5 Å². The predicted molar refractivity (Wildman–Crippen MR) is 133 cm³/mol. The molecule has 0 unspecified atom stereocenters. The van der Waals surface area contributed by atoms with Crippen LogP contribution in [0.1, 0.15) is 49.4 Å². The fraction of sp³-hybridized carbons (Fsp3) is 0.542. The van der Waals surface area contributed by atoms with Gasteiger partial charge in [-0.15, -0.1) is 0 Å². The molecule has 0 heterocycles. The maximum atomic E-state index is 12.8. The molecular weight excluding hydrogens is 555 g/mol. The van der Waals surface area contributed by atoms with E-state index < -0.39 is 18.2 Å². The lowest BCUT2D eigenvalue weighted by Crippen LogP contribution is -2.57. The topological polar surface area (TPSA) is 125 Å². The third-order valence-corrected chi connectivity index (χ3v) is 7.10. The lowest BCUT2D eigenvalue weighted by molar-refractivity contribution is -0.139. The average Bonchev–Trinajstić information content (AvgIpc) is 3.34. The fourth-order valence-corrected chi connectivity index (χ4v) is 5.50. The van der Waals surface area contributed by atoms with Crippen molar-refractivity contribution >= 4 is 40.7 Å². The predicted octanol–water partition coefficient (Wildman–Crippen LogP) is 1.82. The molecule has 1 aromatic carbocycles. The van der Waals surface area contributed by atoms with E-state index in [4.69, 9.17) is 14.6 Å². The van der Waals surface area contributed by atoms with E-state index in [-0.39, 0.29) is 37.4 Å². The number of benzene rings is 1. The van der Waals surface area contributed by atoms with Crippen molar-refractivity contribution in [1.29, 1.82) is 0 Å². The van der Waals surface area contributed by atoms with Crippen LogP contribution < -0.4 is 14.8 Å². The third kappa shape index (κ3) is 5.89. The quantitative estimate of drug-likeness (QED) is 0.298. The summed E-state index contributed by atoms with van der Waals surface area (Å²) in [4.78, 5) is 38.4. The van der Waals surface area contributed by atoms with Crippen LogP contribution in [0.25, 0.3) is 0 Å². The van der Waals surface area contributed by atoms with Crippen molar-refractivity contribution in [3.05, 3.63) is 32.9 Å². The van der Waals surface area contributed by atoms with Gasteiger partial charge < -0.3 is 29.9 Å². The van der Waals surface area contributed by atoms with E-state index in [1.807, 2.05) is 22.6 Å². The van der Waals surface area contributed by atoms with E-state index in [9.17, 15) is 19.5 Å². The molecule has 0 aromatic heterocycles. The monoisotopic (exact) mass is 586 g/mol. The first-order chi connectivity index (χ1) is 16.3. The number of amides is 2. The van der Waals surface area contributed by atoms with Crippen molar-refractivity contribution in [2.75, 3.05) is 20.3 Å². The smallest absolute Gasteiger partial charge is 0.247 e. The van der Waals surface area contributed by atoms with Gasteiger partial charge in [0.15, 0.2) is 11.5 Å². The fourth-order valence-electron chi connectivity index (χ4n) is 4.75. The number of hydrogen-bond donors (Lipinski definition) is 3. The second-order valence-electron chi connectivity index (χ2n) is 8.53. The standard InChI is InChI=1S/C24H31IN2O7/c1-14(30)27(17-5-3-4-6-17)19-11-16(24(32)26-7-8-28)12-20(22(19)31)34-23-18(25)9-15(13-29)10-21(23)33-2/h9-10,12-13,17,19-20,22,28,31H,3-8,11H2,1-2H3,(H,26,32)/t19-,20+,22+/m1/s1. The van der Waals surface area contributed by atoms with Crippen LogP contribution in [0.4, 0.5) is 0 Å². The summed E-state index contributed by atoms with van der Waals surface area (Å²) in [5.41, 5.74) is 0.788. The molecule has 186 valence electrons. The number of aliphatic hydroxyl groups is 2. The van der Waals surface area contributed by atoms with Crippen molar-refractivity contribution < 1.29 is 34.1 Å². The highest BCUT2D eigenvalue weighted by Gasteiger charge is 2.42. The summed E-state index contributed by atoms with van der Waals surface area (Å²) in [6.07, 6.45) is 4.12. The zero-order valence-electron chi connectivity index (χ0n) is 19.3. The van der Waals surface area contributed by atoms with E-state index >= 15 is 0 Å². The van der Waals surface area contributed by atoms with Crippen LogP contribution >= 0.6 is 22.6 Å². The number of aldehydes is 1. The van der Waals surface area contributed by atoms with Gasteiger partial charge in [0.05, 0.1) is 23.3 Å². The van der Waals surface area contributed by atoms with Gasteiger partial charge in [-0.25, -0.2) is 0 Å². The van der Waals surface area contributed by atoms with Gasteiger partial charge in [0.25, 0.3) is 0 Å². The first-order valence-corrected chi connectivity index (χ1v) is 12.4. The number of methoxy groups -OCH3 is 1. The van der Waals surface area contributed by atoms with E-state index in [0.29, 0.717) is 32.5 Å². The van der Waals surface area contributed by atoms with Crippen LogP contribution in [0.2, 0.25) is 0 Å². The van der Waals surface area contributed by atoms with E-state index in [0.717, 1.165) is 25.7 Å². The van der Waals surface area contributed by atoms with Gasteiger partial charge in [0.1, 0.15) is 18.5 Å². The summed E-state index contributed by atoms with van der Waals surface area (Å²) in [6.45, 7) is 1.37. The SMILES string of the molecule is COc1cc(C=O)cc(I)c1O[C@H]1C=C(C(=O)NCCO)C[C@@H](N(C(C)=O)C2CCCC2)[C@@H]1O. The number of rotatable bonds is 9. The van der Waals surface area contributed by atoms with E-state index in [1.54, 1.807) is 17.0 Å². The molecule has 2 aliphatic rings. The third-order valence-electron chi connectivity index (χ3n) is 6.30. The van der Waals surface area contributed by atoms with Gasteiger partial charge in [-0.05, 0) is 53.6 Å². The highest BCUT2D eigenvalue weighted by Crippen LogP contribution is 2.38. The second-order valence-corrected chi connectivity index (χ2v) is 9.69. The maximum absolute atomic E-state index is 12.8. The summed E-state index contributed by atoms with van der Waals surface area (Å²) in [5, 5.41) is 23.1. The Morgan fingerprint density at radius 3 is 2.59 bits per heavy atom. The molecule has 1 fully saturated rings. The molecule has 34 heavy (non-hydrogen) atoms. The minimum absolute atomic E-state index is 0.000741. The molecule has 1 aromatic rings. The zero-order valence-corrected chi connectivity index (χ0v) is 21.5. The molecule has 0 saturated heterocycles. The first-order valence-electron chi connectivity index (χ1n) is 11.4. The van der Waals surface area contributed by atoms with Crippen LogP contribution in [-0.2, 0) is 9.59 Å². The highest BCUT2D eigenvalue weighted by molar-refractivity contribution is 14.1. The summed E-state index contributed by atoms with van der Waals surface area (Å²) in [5.74, 6) is 0.115. The van der Waals surface area contributed by atoms with Crippen LogP contribution in [-0.4, -0.2) is 77.8 Å². The van der Waals surface area contributed by atoms with Gasteiger partial charge in [-0.2, -0.15) is 0 Å². The van der Waals surface area contributed by atoms with Crippen LogP contribution in [0.15, 0.2) is 23.8 Å². The lowest BCUT2D eigenvalue weighted by atomic mass is 9.87. The van der Waals surface area contributed by atoms with E-state index in [1.165, 1.54) is 20.1 Å². The maximum Gasteiger partial charge on any atom is 0.247 e. The number of carbonyl (C=O) groups excluding carboxylic acids is 3. The lowest BCUT2D eigenvalue weighted by Gasteiger charge is -2.43. The number of nitrogens with one attached hydrogen (secondary N) is 1. The molecule has 0 aliphatic heterocycles. The Bertz CT molecular complexity index is 945. The molecule has 3 rings (SSSR count). The summed E-state index contributed by atoms with van der Waals surface area (Å²) < 4.78 is 12.2. The highest BCUT2D eigenvalue weighted by atomic mass is 127. The molecule has 10 heteroatoms. The summed E-state index contributed by atoms with van der Waals surface area (Å²) >= 11 is 2.02. The van der Waals surface area contributed by atoms with Crippen molar-refractivity contribution in [2.24, 2.45) is 0 Å². The summed E-state index contributed by atoms with van der Waals surface area (Å²) in [7, 11) is 1.45. The van der Waals surface area contributed by atoms with Crippen molar-refractivity contribution in [1.82, 2.24) is 10.2 Å². The molecule has 3 N–H and O–H groups in total. The van der Waals surface area contributed by atoms with Crippen molar-refractivity contribution in [2.45, 2.75) is 63.3 Å². The van der Waals surface area contributed by atoms with Gasteiger partial charge in [-0.3, -0.25) is 14.4 Å². The number of carbonyl (C=O) groups is 3. The van der Waals surface area contributed by atoms with Gasteiger partial charge in [0.2, 0.25) is 11.8 Å². The normalized spacial score (nSPS) is 22.6. The van der Waals surface area contributed by atoms with Gasteiger partial charge in [0, 0.05) is 37.1 Å². The molecule has 0 radical (unpaired) electrons. The Labute approximate surface area is 212 Å². The number of halogens is 1. The molecule has 2 aliphatic carbocycles. The van der Waals surface area contributed by atoms with E-state index in [2.05, 4.69) is 5.32 Å².